The zero-order valence-corrected chi connectivity index (χ0v) is 10.9. The maximum Gasteiger partial charge on any atom is 0.372 e. The van der Waals surface area contributed by atoms with Crippen molar-refractivity contribution in [3.63, 3.8) is 0 Å². The molecule has 7 nitrogen and oxygen atoms in total. The van der Waals surface area contributed by atoms with E-state index in [-0.39, 0.29) is 17.2 Å². The Bertz CT molecular complexity index is 643. The number of rotatable bonds is 5. The van der Waals surface area contributed by atoms with Gasteiger partial charge in [0.25, 0.3) is 5.69 Å². The lowest BCUT2D eigenvalue weighted by Gasteiger charge is -2.23. The zero-order valence-electron chi connectivity index (χ0n) is 10.0. The minimum atomic E-state index is -4.60. The Kier molecular flexibility index (Phi) is 4.02. The van der Waals surface area contributed by atoms with Gasteiger partial charge in [-0.15, -0.1) is 0 Å². The molecule has 0 heterocycles. The van der Waals surface area contributed by atoms with Gasteiger partial charge in [-0.3, -0.25) is 10.1 Å². The molecule has 0 saturated heterocycles. The molecule has 20 heavy (non-hydrogen) atoms. The van der Waals surface area contributed by atoms with Crippen LogP contribution in [0, 0.1) is 10.1 Å². The summed E-state index contributed by atoms with van der Waals surface area (Å²) in [6, 6.07) is 12.5. The predicted molar refractivity (Wildman–Crippen MR) is 68.4 cm³/mol. The summed E-state index contributed by atoms with van der Waals surface area (Å²) in [5, 5.41) is 10.5. The second kappa shape index (κ2) is 5.73. The van der Waals surface area contributed by atoms with Gasteiger partial charge in [-0.05, 0) is 24.3 Å². The molecule has 8 heteroatoms. The van der Waals surface area contributed by atoms with Crippen LogP contribution in [0.15, 0.2) is 54.6 Å². The van der Waals surface area contributed by atoms with Crippen molar-refractivity contribution in [3.8, 4) is 11.5 Å². The van der Waals surface area contributed by atoms with E-state index in [4.69, 9.17) is 9.05 Å². The van der Waals surface area contributed by atoms with Crippen molar-refractivity contribution in [2.45, 2.75) is 0 Å². The number of benzene rings is 2. The molecule has 0 aromatic heterocycles. The van der Waals surface area contributed by atoms with E-state index in [1.165, 1.54) is 24.3 Å². The van der Waals surface area contributed by atoms with Crippen LogP contribution in [0.4, 0.5) is 5.69 Å². The zero-order chi connectivity index (χ0) is 14.6. The van der Waals surface area contributed by atoms with Crippen LogP contribution < -0.4 is 13.9 Å². The summed E-state index contributed by atoms with van der Waals surface area (Å²) in [5.74, 6) is 0.0533. The molecule has 0 fully saturated rings. The van der Waals surface area contributed by atoms with Crippen molar-refractivity contribution in [1.82, 2.24) is 0 Å². The Morgan fingerprint density at radius 2 is 1.40 bits per heavy atom. The molecule has 0 aliphatic rings. The van der Waals surface area contributed by atoms with Crippen molar-refractivity contribution < 1.29 is 23.4 Å². The molecule has 104 valence electrons. The third kappa shape index (κ3) is 3.81. The fourth-order valence-electron chi connectivity index (χ4n) is 1.39. The van der Waals surface area contributed by atoms with E-state index in [2.05, 4.69) is 0 Å². The Balaban J connectivity index is 2.08. The van der Waals surface area contributed by atoms with Crippen molar-refractivity contribution in [2.75, 3.05) is 0 Å². The lowest BCUT2D eigenvalue weighted by molar-refractivity contribution is -0.384. The second-order valence-electron chi connectivity index (χ2n) is 3.69. The van der Waals surface area contributed by atoms with Crippen LogP contribution in [0.5, 0.6) is 11.5 Å². The average molecular weight is 294 g/mol. The third-order valence-electron chi connectivity index (χ3n) is 2.23. The summed E-state index contributed by atoms with van der Waals surface area (Å²) in [5.41, 5.74) is -0.165. The molecule has 0 aliphatic heterocycles. The van der Waals surface area contributed by atoms with E-state index in [1.54, 1.807) is 18.2 Å². The molecule has 0 spiro atoms. The molecule has 0 radical (unpaired) electrons. The van der Waals surface area contributed by atoms with E-state index in [0.717, 1.165) is 12.1 Å². The van der Waals surface area contributed by atoms with E-state index in [9.17, 15) is 19.6 Å². The van der Waals surface area contributed by atoms with Gasteiger partial charge < -0.3 is 13.9 Å². The summed E-state index contributed by atoms with van der Waals surface area (Å²) in [6.45, 7) is 0. The summed E-state index contributed by atoms with van der Waals surface area (Å²) < 4.78 is 21.1. The highest BCUT2D eigenvalue weighted by Gasteiger charge is 2.14. The summed E-state index contributed by atoms with van der Waals surface area (Å²) in [7, 11) is -4.60. The van der Waals surface area contributed by atoms with Crippen LogP contribution in [0.1, 0.15) is 0 Å². The fraction of sp³-hybridized carbons (Fsp3) is 0. The van der Waals surface area contributed by atoms with Crippen molar-refractivity contribution >= 4 is 13.5 Å². The maximum absolute atomic E-state index is 11.6. The largest absolute Gasteiger partial charge is 0.736 e. The van der Waals surface area contributed by atoms with Crippen LogP contribution in [0.25, 0.3) is 0 Å². The topological polar surface area (TPSA) is 102 Å². The number of hydrogen-bond acceptors (Lipinski definition) is 6. The highest BCUT2D eigenvalue weighted by molar-refractivity contribution is 7.46. The highest BCUT2D eigenvalue weighted by Crippen LogP contribution is 2.40. The first kappa shape index (κ1) is 14.0. The number of nitro groups is 1. The molecular formula is C12H9NO6P-. The molecule has 0 bridgehead atoms. The first-order valence-corrected chi connectivity index (χ1v) is 6.92. The van der Waals surface area contributed by atoms with E-state index >= 15 is 0 Å². The number of hydrogen-bond donors (Lipinski definition) is 0. The van der Waals surface area contributed by atoms with Gasteiger partial charge in [0.1, 0.15) is 11.5 Å². The van der Waals surface area contributed by atoms with Gasteiger partial charge in [0, 0.05) is 12.1 Å². The normalized spacial score (nSPS) is 13.2. The van der Waals surface area contributed by atoms with Crippen LogP contribution in [-0.4, -0.2) is 4.92 Å². The molecule has 0 saturated carbocycles. The Morgan fingerprint density at radius 1 is 0.900 bits per heavy atom. The van der Waals surface area contributed by atoms with Crippen molar-refractivity contribution in [1.29, 1.82) is 0 Å². The number of nitrogens with zero attached hydrogens (tertiary/aromatic N) is 1. The van der Waals surface area contributed by atoms with Crippen LogP contribution in [0.3, 0.4) is 0 Å². The van der Waals surface area contributed by atoms with Gasteiger partial charge >= 0.3 is 7.82 Å². The predicted octanol–water partition coefficient (Wildman–Crippen LogP) is 2.52. The van der Waals surface area contributed by atoms with Gasteiger partial charge in [-0.25, -0.2) is 4.57 Å². The van der Waals surface area contributed by atoms with Crippen molar-refractivity contribution in [2.24, 2.45) is 0 Å². The molecule has 2 aromatic carbocycles. The SMILES string of the molecule is O=[N+]([O-])c1ccc(OP(=O)([O-])Oc2ccccc2)cc1. The van der Waals surface area contributed by atoms with E-state index < -0.39 is 12.7 Å². The minimum Gasteiger partial charge on any atom is -0.736 e. The monoisotopic (exact) mass is 294 g/mol. The minimum absolute atomic E-state index is 0.0649. The quantitative estimate of drug-likeness (QED) is 0.477. The molecule has 0 aliphatic carbocycles. The maximum atomic E-state index is 11.6. The Morgan fingerprint density at radius 3 is 1.90 bits per heavy atom. The standard InChI is InChI=1S/C12H10NO6P/c14-13(15)10-6-8-12(9-7-10)19-20(16,17)18-11-4-2-1-3-5-11/h1-9H,(H,16,17)/p-1. The first-order chi connectivity index (χ1) is 9.46. The highest BCUT2D eigenvalue weighted by atomic mass is 31.2. The summed E-state index contributed by atoms with van der Waals surface area (Å²) >= 11 is 0. The van der Waals surface area contributed by atoms with Gasteiger partial charge in [-0.1, -0.05) is 18.2 Å². The molecule has 2 aromatic rings. The lowest BCUT2D eigenvalue weighted by atomic mass is 10.3. The smallest absolute Gasteiger partial charge is 0.372 e. The Hall–Kier alpha value is -2.37. The average Bonchev–Trinajstić information content (AvgIpc) is 2.39. The number of nitro benzene ring substituents is 1. The molecule has 0 N–H and O–H groups in total. The molecule has 2 rings (SSSR count). The fourth-order valence-corrected chi connectivity index (χ4v) is 2.18. The molecule has 1 atom stereocenters. The third-order valence-corrected chi connectivity index (χ3v) is 3.09. The molecule has 1 unspecified atom stereocenters. The summed E-state index contributed by atoms with van der Waals surface area (Å²) in [6.07, 6.45) is 0. The first-order valence-electron chi connectivity index (χ1n) is 5.46. The van der Waals surface area contributed by atoms with E-state index in [1.807, 2.05) is 0 Å². The second-order valence-corrected chi connectivity index (χ2v) is 4.95. The van der Waals surface area contributed by atoms with Gasteiger partial charge in [0.05, 0.1) is 4.92 Å². The van der Waals surface area contributed by atoms with E-state index in [0.29, 0.717) is 0 Å². The lowest BCUT2D eigenvalue weighted by Crippen LogP contribution is -2.13. The van der Waals surface area contributed by atoms with Crippen LogP contribution >= 0.6 is 7.82 Å². The molecule has 0 amide bonds. The molecular weight excluding hydrogens is 285 g/mol. The van der Waals surface area contributed by atoms with Gasteiger partial charge in [-0.2, -0.15) is 0 Å². The van der Waals surface area contributed by atoms with Gasteiger partial charge in [0.2, 0.25) is 0 Å². The Labute approximate surface area is 114 Å². The van der Waals surface area contributed by atoms with Crippen LogP contribution in [-0.2, 0) is 4.57 Å². The number of non-ortho nitro benzene ring substituents is 1. The van der Waals surface area contributed by atoms with Crippen molar-refractivity contribution in [3.05, 3.63) is 64.7 Å². The number of para-hydroxylation sites is 1. The number of phosphoric ester groups is 1. The van der Waals surface area contributed by atoms with Crippen LogP contribution in [0.2, 0.25) is 0 Å². The van der Waals surface area contributed by atoms with Gasteiger partial charge in [0.15, 0.2) is 0 Å². The number of phosphoric acid groups is 1. The summed E-state index contributed by atoms with van der Waals surface area (Å²) in [4.78, 5) is 21.5.